The normalized spacial score (nSPS) is 44.1. The molecule has 0 spiro atoms. The lowest BCUT2D eigenvalue weighted by atomic mass is 9.67. The molecule has 0 aliphatic heterocycles. The van der Waals surface area contributed by atoms with Gasteiger partial charge in [0.25, 0.3) is 0 Å². The Hall–Kier alpha value is -0.350. The second-order valence-corrected chi connectivity index (χ2v) is 14.8. The molecule has 0 aromatic heterocycles. The van der Waals surface area contributed by atoms with Crippen LogP contribution in [0.2, 0.25) is 0 Å². The number of rotatable bonds is 4. The van der Waals surface area contributed by atoms with E-state index >= 15 is 0 Å². The average molecular weight is 397 g/mol. The summed E-state index contributed by atoms with van der Waals surface area (Å²) in [6.07, 6.45) is 19.9. The van der Waals surface area contributed by atoms with Gasteiger partial charge in [-0.15, -0.1) is 0 Å². The first-order valence-electron chi connectivity index (χ1n) is 12.4. The molecule has 154 valence electrons. The van der Waals surface area contributed by atoms with Crippen LogP contribution in [0.15, 0.2) is 30.3 Å². The Morgan fingerprint density at radius 1 is 0.857 bits per heavy atom. The summed E-state index contributed by atoms with van der Waals surface area (Å²) in [5, 5.41) is 1.34. The molecule has 28 heavy (non-hydrogen) atoms. The molecule has 4 bridgehead atoms. The molecular formula is C27H41P. The van der Waals surface area contributed by atoms with Crippen LogP contribution in [0.5, 0.6) is 0 Å². The van der Waals surface area contributed by atoms with Gasteiger partial charge in [0.1, 0.15) is 0 Å². The first-order valence-corrected chi connectivity index (χ1v) is 13.9. The summed E-state index contributed by atoms with van der Waals surface area (Å²) in [5.74, 6) is 4.11. The van der Waals surface area contributed by atoms with E-state index in [9.17, 15) is 0 Å². The van der Waals surface area contributed by atoms with Gasteiger partial charge in [-0.1, -0.05) is 84.2 Å². The first kappa shape index (κ1) is 19.6. The maximum atomic E-state index is 2.78. The van der Waals surface area contributed by atoms with E-state index in [-0.39, 0.29) is 7.92 Å². The number of fused-ring (bicyclic) bond motifs is 4. The fourth-order valence-corrected chi connectivity index (χ4v) is 13.4. The van der Waals surface area contributed by atoms with Crippen molar-refractivity contribution in [3.8, 4) is 0 Å². The molecule has 4 aliphatic carbocycles. The Bertz CT molecular complexity index is 650. The van der Waals surface area contributed by atoms with Crippen LogP contribution in [0.25, 0.3) is 0 Å². The molecule has 4 aliphatic rings. The van der Waals surface area contributed by atoms with Gasteiger partial charge in [0, 0.05) is 0 Å². The first-order chi connectivity index (χ1) is 13.5. The van der Waals surface area contributed by atoms with Crippen molar-refractivity contribution >= 4 is 7.92 Å². The minimum Gasteiger partial charge on any atom is -0.0897 e. The summed E-state index contributed by atoms with van der Waals surface area (Å²) in [4.78, 5) is 0. The lowest BCUT2D eigenvalue weighted by molar-refractivity contribution is 0.143. The summed E-state index contributed by atoms with van der Waals surface area (Å²) >= 11 is 0. The summed E-state index contributed by atoms with van der Waals surface area (Å²) < 4.78 is 0. The van der Waals surface area contributed by atoms with Gasteiger partial charge in [-0.05, 0) is 90.7 Å². The van der Waals surface area contributed by atoms with Gasteiger partial charge in [0.2, 0.25) is 0 Å². The van der Waals surface area contributed by atoms with E-state index in [1.165, 1.54) is 44.7 Å². The zero-order valence-corrected chi connectivity index (χ0v) is 19.2. The zero-order chi connectivity index (χ0) is 19.2. The van der Waals surface area contributed by atoms with Crippen LogP contribution in [0.1, 0.15) is 96.5 Å². The van der Waals surface area contributed by atoms with Gasteiger partial charge in [-0.2, -0.15) is 0 Å². The second kappa shape index (κ2) is 7.72. The molecule has 0 radical (unpaired) electrons. The quantitative estimate of drug-likeness (QED) is 0.448. The minimum atomic E-state index is 0.0333. The number of hydrogen-bond acceptors (Lipinski definition) is 0. The zero-order valence-electron chi connectivity index (χ0n) is 18.3. The van der Waals surface area contributed by atoms with Gasteiger partial charge in [0.05, 0.1) is 0 Å². The van der Waals surface area contributed by atoms with Crippen LogP contribution < -0.4 is 0 Å². The van der Waals surface area contributed by atoms with Crippen molar-refractivity contribution in [3.05, 3.63) is 35.9 Å². The smallest absolute Gasteiger partial charge is 0.00632 e. The van der Waals surface area contributed by atoms with E-state index in [1.54, 1.807) is 44.1 Å². The Morgan fingerprint density at radius 3 is 2.29 bits per heavy atom. The summed E-state index contributed by atoms with van der Waals surface area (Å²) in [5.41, 5.74) is 1.64. The van der Waals surface area contributed by atoms with E-state index in [0.717, 1.165) is 23.7 Å². The van der Waals surface area contributed by atoms with Crippen LogP contribution >= 0.6 is 7.92 Å². The maximum Gasteiger partial charge on any atom is -0.00632 e. The summed E-state index contributed by atoms with van der Waals surface area (Å²) in [7, 11) is 0.0333. The Labute approximate surface area is 175 Å². The van der Waals surface area contributed by atoms with Crippen molar-refractivity contribution in [2.75, 3.05) is 0 Å². The highest BCUT2D eigenvalue weighted by Gasteiger charge is 2.54. The molecular weight excluding hydrogens is 355 g/mol. The third-order valence-electron chi connectivity index (χ3n) is 9.14. The van der Waals surface area contributed by atoms with Gasteiger partial charge in [-0.25, -0.2) is 0 Å². The van der Waals surface area contributed by atoms with Crippen LogP contribution in [0.4, 0.5) is 0 Å². The molecule has 4 saturated carbocycles. The van der Waals surface area contributed by atoms with E-state index in [4.69, 9.17) is 0 Å². The molecule has 6 unspecified atom stereocenters. The van der Waals surface area contributed by atoms with Gasteiger partial charge < -0.3 is 0 Å². The molecule has 1 aromatic carbocycles. The van der Waals surface area contributed by atoms with Crippen molar-refractivity contribution in [1.29, 1.82) is 0 Å². The third-order valence-corrected chi connectivity index (χ3v) is 13.2. The molecule has 6 atom stereocenters. The topological polar surface area (TPSA) is 0 Å². The largest absolute Gasteiger partial charge is 0.0897 e. The number of hydrogen-bond donors (Lipinski definition) is 0. The van der Waals surface area contributed by atoms with E-state index in [2.05, 4.69) is 44.2 Å². The van der Waals surface area contributed by atoms with Crippen LogP contribution in [0.3, 0.4) is 0 Å². The second-order valence-electron chi connectivity index (χ2n) is 11.6. The lowest BCUT2D eigenvalue weighted by Gasteiger charge is -2.60. The molecule has 1 heteroatoms. The molecule has 4 fully saturated rings. The van der Waals surface area contributed by atoms with Gasteiger partial charge >= 0.3 is 0 Å². The molecule has 0 nitrogen and oxygen atoms in total. The number of benzene rings is 1. The SMILES string of the molecule is CC1CC2CCCC(P(Cc3ccccc3)C3(C)CC4CCCC(C4)C3)(C1)C2. The van der Waals surface area contributed by atoms with Crippen LogP contribution in [-0.4, -0.2) is 10.3 Å². The average Bonchev–Trinajstić information content (AvgIpc) is 2.66. The van der Waals surface area contributed by atoms with Crippen molar-refractivity contribution in [3.63, 3.8) is 0 Å². The molecule has 0 saturated heterocycles. The molecule has 0 N–H and O–H groups in total. The predicted molar refractivity (Wildman–Crippen MR) is 123 cm³/mol. The van der Waals surface area contributed by atoms with Crippen LogP contribution in [-0.2, 0) is 6.16 Å². The summed E-state index contributed by atoms with van der Waals surface area (Å²) in [6.45, 7) is 5.37. The van der Waals surface area contributed by atoms with E-state index in [1.807, 2.05) is 0 Å². The van der Waals surface area contributed by atoms with Crippen molar-refractivity contribution < 1.29 is 0 Å². The van der Waals surface area contributed by atoms with Crippen molar-refractivity contribution in [2.45, 2.75) is 107 Å². The standard InChI is InChI=1S/C27H41P/c1-21-14-23-12-7-13-27(16-21,19-23)28(20-22-8-4-3-5-9-22)26(2)17-24-10-6-11-25(15-24)18-26/h3-5,8-9,21,23-25H,6-7,10-20H2,1-2H3. The fraction of sp³-hybridized carbons (Fsp3) is 0.778. The Kier molecular flexibility index (Phi) is 5.41. The van der Waals surface area contributed by atoms with E-state index < -0.39 is 0 Å². The highest BCUT2D eigenvalue weighted by Crippen LogP contribution is 2.74. The van der Waals surface area contributed by atoms with Crippen molar-refractivity contribution in [1.82, 2.24) is 0 Å². The Balaban J connectivity index is 1.51. The highest BCUT2D eigenvalue weighted by molar-refractivity contribution is 7.60. The Morgan fingerprint density at radius 2 is 1.54 bits per heavy atom. The van der Waals surface area contributed by atoms with Gasteiger partial charge in [0.15, 0.2) is 0 Å². The minimum absolute atomic E-state index is 0.0333. The van der Waals surface area contributed by atoms with Crippen LogP contribution in [0, 0.1) is 23.7 Å². The lowest BCUT2D eigenvalue weighted by Crippen LogP contribution is -2.48. The predicted octanol–water partition coefficient (Wildman–Crippen LogP) is 8.39. The molecule has 0 heterocycles. The van der Waals surface area contributed by atoms with Gasteiger partial charge in [-0.3, -0.25) is 0 Å². The summed E-state index contributed by atoms with van der Waals surface area (Å²) in [6, 6.07) is 11.6. The molecule has 0 amide bonds. The highest BCUT2D eigenvalue weighted by atomic mass is 31.1. The molecule has 1 aromatic rings. The van der Waals surface area contributed by atoms with E-state index in [0.29, 0.717) is 10.3 Å². The third kappa shape index (κ3) is 3.73. The maximum absolute atomic E-state index is 2.78. The molecule has 5 rings (SSSR count). The monoisotopic (exact) mass is 396 g/mol. The fourth-order valence-electron chi connectivity index (χ4n) is 8.52. The van der Waals surface area contributed by atoms with Crippen molar-refractivity contribution in [2.24, 2.45) is 23.7 Å².